The Bertz CT molecular complexity index is 510. The summed E-state index contributed by atoms with van der Waals surface area (Å²) in [5.74, 6) is 0.470. The molecule has 0 amide bonds. The van der Waals surface area contributed by atoms with Crippen LogP contribution in [0.1, 0.15) is 18.4 Å². The van der Waals surface area contributed by atoms with Gasteiger partial charge in [0.15, 0.2) is 0 Å². The molecule has 2 rings (SSSR count). The first-order valence-electron chi connectivity index (χ1n) is 6.48. The van der Waals surface area contributed by atoms with E-state index in [1.165, 1.54) is 0 Å². The molecule has 1 atom stereocenters. The molecule has 1 aromatic rings. The molecule has 5 nitrogen and oxygen atoms in total. The number of benzene rings is 1. The quantitative estimate of drug-likeness (QED) is 0.811. The fraction of sp³-hybridized carbons (Fsp3) is 0.538. The van der Waals surface area contributed by atoms with Crippen molar-refractivity contribution in [2.45, 2.75) is 24.3 Å². The summed E-state index contributed by atoms with van der Waals surface area (Å²) in [7, 11) is -3.43. The van der Waals surface area contributed by atoms with Crippen LogP contribution in [0.3, 0.4) is 0 Å². The van der Waals surface area contributed by atoms with Crippen LogP contribution in [0.4, 0.5) is 0 Å². The highest BCUT2D eigenvalue weighted by molar-refractivity contribution is 7.89. The van der Waals surface area contributed by atoms with Crippen molar-refractivity contribution >= 4 is 10.0 Å². The average Bonchev–Trinajstić information content (AvgIpc) is 2.92. The van der Waals surface area contributed by atoms with Gasteiger partial charge in [0.05, 0.1) is 4.90 Å². The van der Waals surface area contributed by atoms with Crippen molar-refractivity contribution in [3.05, 3.63) is 29.8 Å². The van der Waals surface area contributed by atoms with E-state index in [4.69, 9.17) is 10.5 Å². The van der Waals surface area contributed by atoms with Crippen LogP contribution in [0.5, 0.6) is 0 Å². The molecule has 1 heterocycles. The van der Waals surface area contributed by atoms with Gasteiger partial charge >= 0.3 is 0 Å². The largest absolute Gasteiger partial charge is 0.381 e. The molecule has 1 unspecified atom stereocenters. The van der Waals surface area contributed by atoms with Crippen LogP contribution in [0.15, 0.2) is 29.2 Å². The number of ether oxygens (including phenoxy) is 1. The second-order valence-electron chi connectivity index (χ2n) is 4.77. The van der Waals surface area contributed by atoms with Crippen molar-refractivity contribution in [3.63, 3.8) is 0 Å². The van der Waals surface area contributed by atoms with Gasteiger partial charge in [-0.1, -0.05) is 12.1 Å². The topological polar surface area (TPSA) is 81.4 Å². The minimum atomic E-state index is -3.43. The Morgan fingerprint density at radius 3 is 2.95 bits per heavy atom. The number of sulfonamides is 1. The summed E-state index contributed by atoms with van der Waals surface area (Å²) in [6.07, 6.45) is 1.83. The maximum atomic E-state index is 12.1. The van der Waals surface area contributed by atoms with Gasteiger partial charge in [0.1, 0.15) is 0 Å². The van der Waals surface area contributed by atoms with Crippen LogP contribution in [0, 0.1) is 5.92 Å². The highest BCUT2D eigenvalue weighted by Gasteiger charge is 2.18. The van der Waals surface area contributed by atoms with Gasteiger partial charge in [-0.3, -0.25) is 0 Å². The molecule has 0 bridgehead atoms. The molecule has 0 saturated carbocycles. The van der Waals surface area contributed by atoms with Crippen molar-refractivity contribution in [2.24, 2.45) is 11.7 Å². The van der Waals surface area contributed by atoms with Crippen molar-refractivity contribution < 1.29 is 13.2 Å². The third-order valence-electron chi connectivity index (χ3n) is 3.31. The lowest BCUT2D eigenvalue weighted by Gasteiger charge is -2.10. The van der Waals surface area contributed by atoms with E-state index in [0.717, 1.165) is 31.6 Å². The fourth-order valence-electron chi connectivity index (χ4n) is 2.13. The van der Waals surface area contributed by atoms with Gasteiger partial charge in [0.25, 0.3) is 0 Å². The highest BCUT2D eigenvalue weighted by Crippen LogP contribution is 2.16. The normalized spacial score (nSPS) is 19.7. The Morgan fingerprint density at radius 1 is 1.42 bits per heavy atom. The van der Waals surface area contributed by atoms with E-state index in [-0.39, 0.29) is 4.90 Å². The molecule has 0 spiro atoms. The molecule has 19 heavy (non-hydrogen) atoms. The summed E-state index contributed by atoms with van der Waals surface area (Å²) in [5, 5.41) is 0. The molecule has 0 radical (unpaired) electrons. The molecular formula is C13H20N2O3S. The smallest absolute Gasteiger partial charge is 0.240 e. The summed E-state index contributed by atoms with van der Waals surface area (Å²) in [4.78, 5) is 0.276. The molecule has 1 saturated heterocycles. The van der Waals surface area contributed by atoms with Crippen molar-refractivity contribution in [2.75, 3.05) is 19.8 Å². The van der Waals surface area contributed by atoms with E-state index in [1.54, 1.807) is 18.2 Å². The van der Waals surface area contributed by atoms with Gasteiger partial charge < -0.3 is 10.5 Å². The second kappa shape index (κ2) is 6.47. The van der Waals surface area contributed by atoms with Gasteiger partial charge in [-0.15, -0.1) is 0 Å². The molecular weight excluding hydrogens is 264 g/mol. The molecule has 0 aromatic heterocycles. The van der Waals surface area contributed by atoms with Crippen molar-refractivity contribution in [1.29, 1.82) is 0 Å². The van der Waals surface area contributed by atoms with Crippen LogP contribution in [0.25, 0.3) is 0 Å². The van der Waals surface area contributed by atoms with Crippen LogP contribution < -0.4 is 10.5 Å². The number of hydrogen-bond donors (Lipinski definition) is 2. The van der Waals surface area contributed by atoms with E-state index in [0.29, 0.717) is 19.0 Å². The first kappa shape index (κ1) is 14.5. The van der Waals surface area contributed by atoms with E-state index in [1.807, 2.05) is 6.07 Å². The highest BCUT2D eigenvalue weighted by atomic mass is 32.2. The van der Waals surface area contributed by atoms with Gasteiger partial charge in [-0.05, 0) is 36.5 Å². The van der Waals surface area contributed by atoms with Gasteiger partial charge in [-0.2, -0.15) is 0 Å². The molecule has 0 aliphatic carbocycles. The lowest BCUT2D eigenvalue weighted by atomic mass is 10.1. The first-order valence-corrected chi connectivity index (χ1v) is 7.96. The second-order valence-corrected chi connectivity index (χ2v) is 6.53. The standard InChI is InChI=1S/C13H20N2O3S/c14-9-12-2-1-3-13(8-12)19(16,17)15-6-4-11-5-7-18-10-11/h1-3,8,11,15H,4-7,9-10,14H2. The zero-order valence-corrected chi connectivity index (χ0v) is 11.7. The molecule has 3 N–H and O–H groups in total. The lowest BCUT2D eigenvalue weighted by Crippen LogP contribution is -2.26. The molecule has 1 aliphatic heterocycles. The Labute approximate surface area is 114 Å². The average molecular weight is 284 g/mol. The maximum absolute atomic E-state index is 12.1. The third-order valence-corrected chi connectivity index (χ3v) is 4.77. The lowest BCUT2D eigenvalue weighted by molar-refractivity contribution is 0.184. The predicted octanol–water partition coefficient (Wildman–Crippen LogP) is 0.850. The molecule has 1 aliphatic rings. The SMILES string of the molecule is NCc1cccc(S(=O)(=O)NCCC2CCOC2)c1. The summed E-state index contributed by atoms with van der Waals surface area (Å²) >= 11 is 0. The number of nitrogens with one attached hydrogen (secondary N) is 1. The Morgan fingerprint density at radius 2 is 2.26 bits per heavy atom. The predicted molar refractivity (Wildman–Crippen MR) is 73.1 cm³/mol. The summed E-state index contributed by atoms with van der Waals surface area (Å²) in [6, 6.07) is 6.72. The summed E-state index contributed by atoms with van der Waals surface area (Å²) in [5.41, 5.74) is 6.33. The monoisotopic (exact) mass is 284 g/mol. The first-order chi connectivity index (χ1) is 9.12. The summed E-state index contributed by atoms with van der Waals surface area (Å²) < 4.78 is 32.1. The van der Waals surface area contributed by atoms with Crippen LogP contribution in [-0.2, 0) is 21.3 Å². The molecule has 1 aromatic carbocycles. The third kappa shape index (κ3) is 4.01. The van der Waals surface area contributed by atoms with Crippen LogP contribution in [0.2, 0.25) is 0 Å². The van der Waals surface area contributed by atoms with Gasteiger partial charge in [0, 0.05) is 26.3 Å². The van der Waals surface area contributed by atoms with E-state index in [2.05, 4.69) is 4.72 Å². The Hall–Kier alpha value is -0.950. The number of rotatable bonds is 6. The molecule has 106 valence electrons. The van der Waals surface area contributed by atoms with Crippen LogP contribution >= 0.6 is 0 Å². The Balaban J connectivity index is 1.93. The fourth-order valence-corrected chi connectivity index (χ4v) is 3.25. The number of hydrogen-bond acceptors (Lipinski definition) is 4. The van der Waals surface area contributed by atoms with E-state index in [9.17, 15) is 8.42 Å². The molecule has 1 fully saturated rings. The minimum absolute atomic E-state index is 0.276. The number of nitrogens with two attached hydrogens (primary N) is 1. The summed E-state index contributed by atoms with van der Waals surface area (Å²) in [6.45, 7) is 2.31. The minimum Gasteiger partial charge on any atom is -0.381 e. The van der Waals surface area contributed by atoms with Crippen molar-refractivity contribution in [1.82, 2.24) is 4.72 Å². The van der Waals surface area contributed by atoms with Crippen molar-refractivity contribution in [3.8, 4) is 0 Å². The molecule has 6 heteroatoms. The maximum Gasteiger partial charge on any atom is 0.240 e. The van der Waals surface area contributed by atoms with Gasteiger partial charge in [0.2, 0.25) is 10.0 Å². The van der Waals surface area contributed by atoms with Crippen LogP contribution in [-0.4, -0.2) is 28.2 Å². The van der Waals surface area contributed by atoms with E-state index < -0.39 is 10.0 Å². The zero-order valence-electron chi connectivity index (χ0n) is 10.8. The zero-order chi connectivity index (χ0) is 13.7. The Kier molecular flexibility index (Phi) is 4.93. The van der Waals surface area contributed by atoms with E-state index >= 15 is 0 Å². The van der Waals surface area contributed by atoms with Gasteiger partial charge in [-0.25, -0.2) is 13.1 Å².